The first kappa shape index (κ1) is 17.4. The lowest BCUT2D eigenvalue weighted by molar-refractivity contribution is 0.614. The molecule has 0 radical (unpaired) electrons. The highest BCUT2D eigenvalue weighted by Crippen LogP contribution is 2.34. The molecule has 3 aromatic rings. The van der Waals surface area contributed by atoms with Crippen molar-refractivity contribution < 1.29 is 0 Å². The third-order valence-electron chi connectivity index (χ3n) is 4.22. The summed E-state index contributed by atoms with van der Waals surface area (Å²) < 4.78 is 1.81. The first-order valence-electron chi connectivity index (χ1n) is 8.57. The van der Waals surface area contributed by atoms with Gasteiger partial charge in [0.1, 0.15) is 0 Å². The van der Waals surface area contributed by atoms with Crippen LogP contribution in [0.1, 0.15) is 23.9 Å². The van der Waals surface area contributed by atoms with Gasteiger partial charge in [0.15, 0.2) is 5.16 Å². The van der Waals surface area contributed by atoms with Crippen LogP contribution in [0.2, 0.25) is 0 Å². The van der Waals surface area contributed by atoms with E-state index < -0.39 is 0 Å². The lowest BCUT2D eigenvalue weighted by Gasteiger charge is -2.13. The van der Waals surface area contributed by atoms with E-state index in [1.807, 2.05) is 53.1 Å². The number of hydrogen-bond donors (Lipinski definition) is 0. The van der Waals surface area contributed by atoms with Crippen molar-refractivity contribution in [3.8, 4) is 0 Å². The van der Waals surface area contributed by atoms with Gasteiger partial charge in [-0.1, -0.05) is 55.1 Å². The number of nitrogens with zero attached hydrogens (tertiary/aromatic N) is 3. The number of pyridine rings is 1. The van der Waals surface area contributed by atoms with Gasteiger partial charge in [-0.2, -0.15) is 0 Å². The molecule has 4 rings (SSSR count). The molecule has 0 aliphatic carbocycles. The van der Waals surface area contributed by atoms with Crippen molar-refractivity contribution in [3.05, 3.63) is 82.0 Å². The summed E-state index contributed by atoms with van der Waals surface area (Å²) in [5.74, 6) is 0.698. The number of thioether (sulfide) groups is 2. The van der Waals surface area contributed by atoms with Crippen molar-refractivity contribution >= 4 is 23.5 Å². The normalized spacial score (nSPS) is 15.8. The molecule has 3 heterocycles. The number of benzene rings is 1. The van der Waals surface area contributed by atoms with Crippen molar-refractivity contribution in [1.82, 2.24) is 14.5 Å². The van der Waals surface area contributed by atoms with Crippen LogP contribution >= 0.6 is 23.5 Å². The molecule has 0 fully saturated rings. The van der Waals surface area contributed by atoms with Crippen LogP contribution in [-0.4, -0.2) is 19.8 Å². The average Bonchev–Trinajstić information content (AvgIpc) is 3.05. The Morgan fingerprint density at radius 1 is 1.19 bits per heavy atom. The minimum absolute atomic E-state index is 0.0803. The van der Waals surface area contributed by atoms with Crippen LogP contribution in [0.4, 0.5) is 0 Å². The van der Waals surface area contributed by atoms with Crippen molar-refractivity contribution in [3.63, 3.8) is 0 Å². The molecule has 6 heteroatoms. The molecule has 26 heavy (non-hydrogen) atoms. The van der Waals surface area contributed by atoms with Crippen molar-refractivity contribution in [2.24, 2.45) is 0 Å². The fourth-order valence-corrected chi connectivity index (χ4v) is 5.01. The quantitative estimate of drug-likeness (QED) is 0.494. The van der Waals surface area contributed by atoms with Crippen LogP contribution in [0.15, 0.2) is 69.6 Å². The third kappa shape index (κ3) is 3.71. The van der Waals surface area contributed by atoms with Gasteiger partial charge in [0.2, 0.25) is 0 Å². The Bertz CT molecular complexity index is 958. The highest BCUT2D eigenvalue weighted by molar-refractivity contribution is 8.00. The zero-order chi connectivity index (χ0) is 17.9. The second-order valence-electron chi connectivity index (χ2n) is 6.29. The zero-order valence-electron chi connectivity index (χ0n) is 14.5. The van der Waals surface area contributed by atoms with E-state index in [9.17, 15) is 4.79 Å². The molecule has 0 N–H and O–H groups in total. The third-order valence-corrected chi connectivity index (χ3v) is 6.45. The Hall–Kier alpha value is -2.05. The van der Waals surface area contributed by atoms with Crippen LogP contribution in [-0.2, 0) is 18.7 Å². The Morgan fingerprint density at radius 2 is 2.00 bits per heavy atom. The van der Waals surface area contributed by atoms with Gasteiger partial charge in [0.25, 0.3) is 5.56 Å². The van der Waals surface area contributed by atoms with Crippen LogP contribution in [0.25, 0.3) is 0 Å². The molecular formula is C20H19N3OS2. The topological polar surface area (TPSA) is 47.8 Å². The monoisotopic (exact) mass is 381 g/mol. The summed E-state index contributed by atoms with van der Waals surface area (Å²) in [6.07, 6.45) is 2.65. The summed E-state index contributed by atoms with van der Waals surface area (Å²) in [5.41, 5.74) is 3.12. The summed E-state index contributed by atoms with van der Waals surface area (Å²) in [5, 5.41) is 1.18. The fourth-order valence-electron chi connectivity index (χ4n) is 2.97. The van der Waals surface area contributed by atoms with Crippen LogP contribution in [0, 0.1) is 0 Å². The highest BCUT2D eigenvalue weighted by Gasteiger charge is 2.26. The predicted molar refractivity (Wildman–Crippen MR) is 107 cm³/mol. The molecule has 132 valence electrons. The fraction of sp³-hybridized carbons (Fsp3) is 0.250. The molecule has 4 nitrogen and oxygen atoms in total. The molecule has 1 aliphatic rings. The minimum atomic E-state index is 0.0803. The standard InChI is InChI=1S/C20H19N3OS2/c1-14-11-17-18(26-14)19(24)23(12-15-7-3-2-4-8-15)20(22-17)25-13-16-9-5-6-10-21-16/h2-10,14H,11-13H2,1H3. The van der Waals surface area contributed by atoms with Gasteiger partial charge >= 0.3 is 0 Å². The van der Waals surface area contributed by atoms with Crippen molar-refractivity contribution in [2.75, 3.05) is 0 Å². The summed E-state index contributed by atoms with van der Waals surface area (Å²) in [4.78, 5) is 23.2. The first-order valence-corrected chi connectivity index (χ1v) is 10.4. The molecule has 0 amide bonds. The smallest absolute Gasteiger partial charge is 0.268 e. The van der Waals surface area contributed by atoms with E-state index >= 15 is 0 Å². The number of hydrogen-bond acceptors (Lipinski definition) is 5. The Labute approximate surface area is 161 Å². The number of rotatable bonds is 5. The van der Waals surface area contributed by atoms with Gasteiger partial charge in [0.05, 0.1) is 22.8 Å². The maximum atomic E-state index is 13.1. The Balaban J connectivity index is 1.70. The summed E-state index contributed by atoms with van der Waals surface area (Å²) >= 11 is 3.23. The Morgan fingerprint density at radius 3 is 2.77 bits per heavy atom. The van der Waals surface area contributed by atoms with Gasteiger partial charge in [-0.05, 0) is 17.7 Å². The van der Waals surface area contributed by atoms with Gasteiger partial charge in [-0.25, -0.2) is 4.98 Å². The van der Waals surface area contributed by atoms with E-state index in [-0.39, 0.29) is 5.56 Å². The molecule has 0 saturated heterocycles. The van der Waals surface area contributed by atoms with Gasteiger partial charge < -0.3 is 0 Å². The molecule has 1 aromatic carbocycles. The largest absolute Gasteiger partial charge is 0.282 e. The summed E-state index contributed by atoms with van der Waals surface area (Å²) in [6.45, 7) is 2.69. The highest BCUT2D eigenvalue weighted by atomic mass is 32.2. The maximum Gasteiger partial charge on any atom is 0.268 e. The maximum absolute atomic E-state index is 13.1. The first-order chi connectivity index (χ1) is 12.7. The van der Waals surface area contributed by atoms with E-state index in [0.717, 1.165) is 33.4 Å². The molecule has 1 atom stereocenters. The van der Waals surface area contributed by atoms with E-state index in [2.05, 4.69) is 11.9 Å². The molecule has 0 bridgehead atoms. The number of fused-ring (bicyclic) bond motifs is 1. The van der Waals surface area contributed by atoms with Crippen molar-refractivity contribution in [2.45, 2.75) is 40.9 Å². The zero-order valence-corrected chi connectivity index (χ0v) is 16.1. The average molecular weight is 382 g/mol. The SMILES string of the molecule is CC1Cc2nc(SCc3ccccn3)n(Cc3ccccc3)c(=O)c2S1. The lowest BCUT2D eigenvalue weighted by atomic mass is 10.2. The van der Waals surface area contributed by atoms with Gasteiger partial charge in [-0.15, -0.1) is 11.8 Å². The molecule has 1 unspecified atom stereocenters. The Kier molecular flexibility index (Phi) is 5.13. The molecule has 0 spiro atoms. The van der Waals surface area contributed by atoms with E-state index in [1.165, 1.54) is 0 Å². The van der Waals surface area contributed by atoms with Crippen LogP contribution in [0.3, 0.4) is 0 Å². The molecule has 1 aliphatic heterocycles. The molecule has 0 saturated carbocycles. The summed E-state index contributed by atoms with van der Waals surface area (Å²) in [6, 6.07) is 16.0. The molecule has 2 aromatic heterocycles. The van der Waals surface area contributed by atoms with Gasteiger partial charge in [0, 0.05) is 23.6 Å². The van der Waals surface area contributed by atoms with Crippen LogP contribution in [0.5, 0.6) is 0 Å². The number of aromatic nitrogens is 3. The lowest BCUT2D eigenvalue weighted by Crippen LogP contribution is -2.25. The van der Waals surface area contributed by atoms with E-state index in [4.69, 9.17) is 4.98 Å². The summed E-state index contributed by atoms with van der Waals surface area (Å²) in [7, 11) is 0. The van der Waals surface area contributed by atoms with Gasteiger partial charge in [-0.3, -0.25) is 14.3 Å². The predicted octanol–water partition coefficient (Wildman–Crippen LogP) is 4.02. The van der Waals surface area contributed by atoms with Crippen LogP contribution < -0.4 is 5.56 Å². The van der Waals surface area contributed by atoms with Crippen molar-refractivity contribution in [1.29, 1.82) is 0 Å². The van der Waals surface area contributed by atoms with E-state index in [1.54, 1.807) is 29.7 Å². The second kappa shape index (κ2) is 7.68. The molecular weight excluding hydrogens is 362 g/mol. The second-order valence-corrected chi connectivity index (χ2v) is 8.68. The minimum Gasteiger partial charge on any atom is -0.282 e. The van der Waals surface area contributed by atoms with E-state index in [0.29, 0.717) is 17.5 Å².